The standard InChI is InChI=1S/C12H22N2O2/c1-9(8-10-4-3-7-16-10)13-11-5-6-14(2)12(11)15/h9-11,13H,3-8H2,1-2H3. The summed E-state index contributed by atoms with van der Waals surface area (Å²) in [6.45, 7) is 3.93. The highest BCUT2D eigenvalue weighted by Crippen LogP contribution is 2.18. The van der Waals surface area contributed by atoms with Gasteiger partial charge in [-0.1, -0.05) is 0 Å². The van der Waals surface area contributed by atoms with Crippen LogP contribution in [0.4, 0.5) is 0 Å². The molecule has 2 heterocycles. The quantitative estimate of drug-likeness (QED) is 0.769. The molecule has 0 aromatic heterocycles. The maximum absolute atomic E-state index is 11.7. The first-order valence-electron chi connectivity index (χ1n) is 6.29. The van der Waals surface area contributed by atoms with Gasteiger partial charge in [-0.3, -0.25) is 4.79 Å². The number of nitrogens with one attached hydrogen (secondary N) is 1. The van der Waals surface area contributed by atoms with Crippen LogP contribution in [0, 0.1) is 0 Å². The lowest BCUT2D eigenvalue weighted by Crippen LogP contribution is -2.42. The molecule has 0 saturated carbocycles. The van der Waals surface area contributed by atoms with Gasteiger partial charge in [-0.2, -0.15) is 0 Å². The SMILES string of the molecule is CC(CC1CCCO1)NC1CCN(C)C1=O. The predicted molar refractivity (Wildman–Crippen MR) is 62.2 cm³/mol. The maximum atomic E-state index is 11.7. The first kappa shape index (κ1) is 11.9. The Morgan fingerprint density at radius 3 is 2.94 bits per heavy atom. The molecule has 2 saturated heterocycles. The van der Waals surface area contributed by atoms with Gasteiger partial charge in [0.05, 0.1) is 12.1 Å². The fourth-order valence-corrected chi connectivity index (χ4v) is 2.61. The number of nitrogens with zero attached hydrogens (tertiary/aromatic N) is 1. The number of hydrogen-bond donors (Lipinski definition) is 1. The Balaban J connectivity index is 1.74. The van der Waals surface area contributed by atoms with Crippen molar-refractivity contribution in [3.8, 4) is 0 Å². The summed E-state index contributed by atoms with van der Waals surface area (Å²) in [5.41, 5.74) is 0. The zero-order valence-corrected chi connectivity index (χ0v) is 10.2. The minimum Gasteiger partial charge on any atom is -0.378 e. The first-order valence-corrected chi connectivity index (χ1v) is 6.29. The molecule has 0 radical (unpaired) electrons. The van der Waals surface area contributed by atoms with Crippen LogP contribution in [0.5, 0.6) is 0 Å². The molecule has 0 aliphatic carbocycles. The zero-order chi connectivity index (χ0) is 11.5. The molecule has 0 spiro atoms. The summed E-state index contributed by atoms with van der Waals surface area (Å²) >= 11 is 0. The molecule has 2 fully saturated rings. The fourth-order valence-electron chi connectivity index (χ4n) is 2.61. The number of likely N-dealkylation sites (N-methyl/N-ethyl adjacent to an activating group) is 1. The molecule has 0 aromatic carbocycles. The van der Waals surface area contributed by atoms with Crippen molar-refractivity contribution in [1.29, 1.82) is 0 Å². The molecule has 4 nitrogen and oxygen atoms in total. The largest absolute Gasteiger partial charge is 0.378 e. The summed E-state index contributed by atoms with van der Waals surface area (Å²) in [4.78, 5) is 13.5. The third kappa shape index (κ3) is 2.74. The number of carbonyl (C=O) groups excluding carboxylic acids is 1. The molecule has 2 aliphatic heterocycles. The monoisotopic (exact) mass is 226 g/mol. The van der Waals surface area contributed by atoms with Crippen LogP contribution in [0.25, 0.3) is 0 Å². The Kier molecular flexibility index (Phi) is 3.82. The van der Waals surface area contributed by atoms with Gasteiger partial charge in [0.25, 0.3) is 0 Å². The Morgan fingerprint density at radius 2 is 2.38 bits per heavy atom. The minimum atomic E-state index is 0.0291. The van der Waals surface area contributed by atoms with Gasteiger partial charge in [0.15, 0.2) is 0 Å². The highest BCUT2D eigenvalue weighted by molar-refractivity contribution is 5.83. The van der Waals surface area contributed by atoms with E-state index >= 15 is 0 Å². The lowest BCUT2D eigenvalue weighted by molar-refractivity contribution is -0.128. The van der Waals surface area contributed by atoms with Gasteiger partial charge in [-0.15, -0.1) is 0 Å². The van der Waals surface area contributed by atoms with E-state index < -0.39 is 0 Å². The topological polar surface area (TPSA) is 41.6 Å². The van der Waals surface area contributed by atoms with Crippen LogP contribution in [0.2, 0.25) is 0 Å². The van der Waals surface area contributed by atoms with Crippen LogP contribution in [0.15, 0.2) is 0 Å². The Labute approximate surface area is 97.3 Å². The van der Waals surface area contributed by atoms with Crippen LogP contribution in [-0.2, 0) is 9.53 Å². The van der Waals surface area contributed by atoms with E-state index in [0.717, 1.165) is 26.0 Å². The third-order valence-electron chi connectivity index (χ3n) is 3.55. The molecule has 3 atom stereocenters. The fraction of sp³-hybridized carbons (Fsp3) is 0.917. The molecule has 1 amide bonds. The molecule has 4 heteroatoms. The Morgan fingerprint density at radius 1 is 1.56 bits per heavy atom. The van der Waals surface area contributed by atoms with Gasteiger partial charge in [-0.05, 0) is 32.6 Å². The van der Waals surface area contributed by atoms with E-state index in [4.69, 9.17) is 4.74 Å². The van der Waals surface area contributed by atoms with Gasteiger partial charge in [0.1, 0.15) is 0 Å². The van der Waals surface area contributed by atoms with Crippen molar-refractivity contribution in [2.24, 2.45) is 0 Å². The van der Waals surface area contributed by atoms with Crippen LogP contribution in [0.1, 0.15) is 32.6 Å². The smallest absolute Gasteiger partial charge is 0.239 e. The number of rotatable bonds is 4. The van der Waals surface area contributed by atoms with E-state index in [1.54, 1.807) is 4.90 Å². The molecule has 0 aromatic rings. The van der Waals surface area contributed by atoms with Crippen molar-refractivity contribution in [2.45, 2.75) is 50.8 Å². The number of hydrogen-bond acceptors (Lipinski definition) is 3. The van der Waals surface area contributed by atoms with E-state index in [2.05, 4.69) is 12.2 Å². The molecule has 2 rings (SSSR count). The van der Waals surface area contributed by atoms with Gasteiger partial charge >= 0.3 is 0 Å². The molecule has 92 valence electrons. The van der Waals surface area contributed by atoms with Crippen LogP contribution >= 0.6 is 0 Å². The predicted octanol–water partition coefficient (Wildman–Crippen LogP) is 0.764. The Bertz CT molecular complexity index is 251. The lowest BCUT2D eigenvalue weighted by atomic mass is 10.1. The zero-order valence-electron chi connectivity index (χ0n) is 10.2. The third-order valence-corrected chi connectivity index (χ3v) is 3.55. The van der Waals surface area contributed by atoms with Crippen molar-refractivity contribution < 1.29 is 9.53 Å². The Hall–Kier alpha value is -0.610. The summed E-state index contributed by atoms with van der Waals surface area (Å²) < 4.78 is 5.60. The minimum absolute atomic E-state index is 0.0291. The van der Waals surface area contributed by atoms with Gasteiger partial charge < -0.3 is 15.0 Å². The highest BCUT2D eigenvalue weighted by atomic mass is 16.5. The summed E-state index contributed by atoms with van der Waals surface area (Å²) in [7, 11) is 1.87. The second kappa shape index (κ2) is 5.15. The average Bonchev–Trinajstić information content (AvgIpc) is 2.83. The second-order valence-corrected chi connectivity index (χ2v) is 5.04. The van der Waals surface area contributed by atoms with Gasteiger partial charge in [-0.25, -0.2) is 0 Å². The van der Waals surface area contributed by atoms with Crippen LogP contribution in [0.3, 0.4) is 0 Å². The van der Waals surface area contributed by atoms with Crippen LogP contribution < -0.4 is 5.32 Å². The summed E-state index contributed by atoms with van der Waals surface area (Å²) in [6.07, 6.45) is 4.71. The lowest BCUT2D eigenvalue weighted by Gasteiger charge is -2.21. The first-order chi connectivity index (χ1) is 7.66. The number of likely N-dealkylation sites (tertiary alicyclic amines) is 1. The summed E-state index contributed by atoms with van der Waals surface area (Å²) in [5, 5.41) is 3.41. The number of ether oxygens (including phenoxy) is 1. The van der Waals surface area contributed by atoms with Crippen LogP contribution in [-0.4, -0.2) is 49.2 Å². The van der Waals surface area contributed by atoms with Gasteiger partial charge in [0.2, 0.25) is 5.91 Å². The van der Waals surface area contributed by atoms with Gasteiger partial charge in [0, 0.05) is 26.2 Å². The molecule has 16 heavy (non-hydrogen) atoms. The van der Waals surface area contributed by atoms with E-state index in [1.165, 1.54) is 12.8 Å². The van der Waals surface area contributed by atoms with Crippen molar-refractivity contribution in [3.05, 3.63) is 0 Å². The van der Waals surface area contributed by atoms with Crippen molar-refractivity contribution in [1.82, 2.24) is 10.2 Å². The van der Waals surface area contributed by atoms with Crippen molar-refractivity contribution in [3.63, 3.8) is 0 Å². The maximum Gasteiger partial charge on any atom is 0.239 e. The van der Waals surface area contributed by atoms with E-state index in [-0.39, 0.29) is 11.9 Å². The van der Waals surface area contributed by atoms with E-state index in [9.17, 15) is 4.79 Å². The second-order valence-electron chi connectivity index (χ2n) is 5.04. The number of carbonyl (C=O) groups is 1. The molecule has 0 bridgehead atoms. The average molecular weight is 226 g/mol. The summed E-state index contributed by atoms with van der Waals surface area (Å²) in [6, 6.07) is 0.393. The molecular weight excluding hydrogens is 204 g/mol. The van der Waals surface area contributed by atoms with Crippen molar-refractivity contribution in [2.75, 3.05) is 20.2 Å². The molecular formula is C12H22N2O2. The summed E-state index contributed by atoms with van der Waals surface area (Å²) in [5.74, 6) is 0.235. The van der Waals surface area contributed by atoms with Crippen molar-refractivity contribution >= 4 is 5.91 Å². The highest BCUT2D eigenvalue weighted by Gasteiger charge is 2.30. The molecule has 3 unspecified atom stereocenters. The molecule has 2 aliphatic rings. The molecule has 1 N–H and O–H groups in total. The normalized spacial score (nSPS) is 32.4. The van der Waals surface area contributed by atoms with E-state index in [0.29, 0.717) is 12.1 Å². The van der Waals surface area contributed by atoms with E-state index in [1.807, 2.05) is 7.05 Å². The number of amides is 1.